The van der Waals surface area contributed by atoms with E-state index in [2.05, 4.69) is 15.6 Å². The largest absolute Gasteiger partial charge is 0.413 e. The summed E-state index contributed by atoms with van der Waals surface area (Å²) < 4.78 is 5.36. The van der Waals surface area contributed by atoms with Gasteiger partial charge in [0.05, 0.1) is 0 Å². The number of nitrogens with one attached hydrogen (secondary N) is 3. The van der Waals surface area contributed by atoms with Gasteiger partial charge in [0.2, 0.25) is 5.91 Å². The summed E-state index contributed by atoms with van der Waals surface area (Å²) in [6, 6.07) is 21.5. The molecular formula is C26H25N3O3. The van der Waals surface area contributed by atoms with Gasteiger partial charge in [-0.15, -0.1) is 0 Å². The van der Waals surface area contributed by atoms with Crippen LogP contribution in [-0.4, -0.2) is 23.0 Å². The lowest BCUT2D eigenvalue weighted by Gasteiger charge is -2.19. The van der Waals surface area contributed by atoms with Crippen molar-refractivity contribution in [1.29, 1.82) is 0 Å². The molecule has 1 aromatic heterocycles. The highest BCUT2D eigenvalue weighted by Crippen LogP contribution is 2.21. The highest BCUT2D eigenvalue weighted by atomic mass is 16.6. The van der Waals surface area contributed by atoms with Crippen LogP contribution in [0.4, 0.5) is 10.5 Å². The summed E-state index contributed by atoms with van der Waals surface area (Å²) in [6.07, 6.45) is 1.50. The maximum Gasteiger partial charge on any atom is 0.413 e. The number of hydrogen-bond donors (Lipinski definition) is 3. The number of anilines is 1. The molecule has 4 rings (SSSR count). The number of carbonyl (C=O) groups excluding carboxylic acids is 2. The summed E-state index contributed by atoms with van der Waals surface area (Å²) in [7, 11) is 0. The van der Waals surface area contributed by atoms with Crippen LogP contribution in [0.3, 0.4) is 0 Å². The molecule has 32 heavy (non-hydrogen) atoms. The fraction of sp³-hybridized carbons (Fsp3) is 0.154. The average Bonchev–Trinajstić information content (AvgIpc) is 3.20. The molecule has 0 aliphatic heterocycles. The Balaban J connectivity index is 1.57. The van der Waals surface area contributed by atoms with Crippen LogP contribution in [-0.2, 0) is 11.2 Å². The molecule has 0 radical (unpaired) electrons. The molecule has 6 heteroatoms. The summed E-state index contributed by atoms with van der Waals surface area (Å²) >= 11 is 0. The predicted molar refractivity (Wildman–Crippen MR) is 126 cm³/mol. The number of aromatic amines is 1. The van der Waals surface area contributed by atoms with E-state index in [1.807, 2.05) is 68.6 Å². The van der Waals surface area contributed by atoms with E-state index in [1.165, 1.54) is 0 Å². The molecule has 2 amide bonds. The smallest absolute Gasteiger partial charge is 0.410 e. The summed E-state index contributed by atoms with van der Waals surface area (Å²) in [6.45, 7) is 3.95. The van der Waals surface area contributed by atoms with Crippen LogP contribution >= 0.6 is 0 Å². The van der Waals surface area contributed by atoms with Crippen molar-refractivity contribution < 1.29 is 14.3 Å². The predicted octanol–water partition coefficient (Wildman–Crippen LogP) is 5.12. The number of benzene rings is 3. The van der Waals surface area contributed by atoms with Gasteiger partial charge < -0.3 is 20.4 Å². The molecule has 0 aliphatic rings. The Morgan fingerprint density at radius 2 is 1.69 bits per heavy atom. The first-order chi connectivity index (χ1) is 15.5. The van der Waals surface area contributed by atoms with Crippen LogP contribution in [0.15, 0.2) is 79.0 Å². The second-order valence-corrected chi connectivity index (χ2v) is 7.70. The zero-order valence-corrected chi connectivity index (χ0v) is 18.0. The van der Waals surface area contributed by atoms with Crippen molar-refractivity contribution in [2.24, 2.45) is 0 Å². The van der Waals surface area contributed by atoms with Gasteiger partial charge in [0.15, 0.2) is 0 Å². The van der Waals surface area contributed by atoms with Gasteiger partial charge in [0.25, 0.3) is 0 Å². The molecule has 162 valence electrons. The molecule has 0 fully saturated rings. The topological polar surface area (TPSA) is 83.2 Å². The lowest BCUT2D eigenvalue weighted by atomic mass is 10.0. The maximum atomic E-state index is 13.2. The van der Waals surface area contributed by atoms with Crippen molar-refractivity contribution in [3.8, 4) is 5.75 Å². The highest BCUT2D eigenvalue weighted by Gasteiger charge is 2.24. The van der Waals surface area contributed by atoms with Crippen LogP contribution in [0.2, 0.25) is 0 Å². The van der Waals surface area contributed by atoms with Gasteiger partial charge in [-0.2, -0.15) is 0 Å². The summed E-state index contributed by atoms with van der Waals surface area (Å²) in [5, 5.41) is 6.71. The van der Waals surface area contributed by atoms with E-state index in [0.717, 1.165) is 33.3 Å². The normalized spacial score (nSPS) is 11.7. The SMILES string of the molecule is Cc1cccc(NC(=O)[C@@H](Cc2c[nH]c3ccccc23)NC(=O)Oc2ccccc2)c1C. The van der Waals surface area contributed by atoms with Gasteiger partial charge in [0, 0.05) is 29.2 Å². The van der Waals surface area contributed by atoms with E-state index in [9.17, 15) is 9.59 Å². The fourth-order valence-corrected chi connectivity index (χ4v) is 3.60. The molecule has 1 heterocycles. The summed E-state index contributed by atoms with van der Waals surface area (Å²) in [5.74, 6) is 0.0970. The second kappa shape index (κ2) is 9.39. The van der Waals surface area contributed by atoms with E-state index in [0.29, 0.717) is 12.2 Å². The third kappa shape index (κ3) is 4.81. The quantitative estimate of drug-likeness (QED) is 0.399. The zero-order chi connectivity index (χ0) is 22.5. The van der Waals surface area contributed by atoms with Gasteiger partial charge in [-0.25, -0.2) is 4.79 Å². The van der Waals surface area contributed by atoms with Crippen molar-refractivity contribution in [3.05, 3.63) is 95.7 Å². The highest BCUT2D eigenvalue weighted by molar-refractivity contribution is 5.98. The first-order valence-electron chi connectivity index (χ1n) is 10.5. The van der Waals surface area contributed by atoms with Gasteiger partial charge in [-0.05, 0) is 54.8 Å². The van der Waals surface area contributed by atoms with Gasteiger partial charge in [-0.1, -0.05) is 48.5 Å². The summed E-state index contributed by atoms with van der Waals surface area (Å²) in [4.78, 5) is 29.0. The Morgan fingerprint density at radius 1 is 0.938 bits per heavy atom. The lowest BCUT2D eigenvalue weighted by molar-refractivity contribution is -0.118. The molecule has 0 unspecified atom stereocenters. The first kappa shape index (κ1) is 21.2. The summed E-state index contributed by atoms with van der Waals surface area (Å²) in [5.41, 5.74) is 4.69. The van der Waals surface area contributed by atoms with E-state index >= 15 is 0 Å². The first-order valence-corrected chi connectivity index (χ1v) is 10.5. The molecule has 0 bridgehead atoms. The number of hydrogen-bond acceptors (Lipinski definition) is 3. The Bertz CT molecular complexity index is 1250. The molecule has 1 atom stereocenters. The number of H-pyrrole nitrogens is 1. The van der Waals surface area contributed by atoms with Gasteiger partial charge in [-0.3, -0.25) is 4.79 Å². The number of para-hydroxylation sites is 2. The van der Waals surface area contributed by atoms with E-state index in [1.54, 1.807) is 24.3 Å². The third-order valence-electron chi connectivity index (χ3n) is 5.52. The van der Waals surface area contributed by atoms with Crippen molar-refractivity contribution in [3.63, 3.8) is 0 Å². The van der Waals surface area contributed by atoms with Crippen molar-refractivity contribution in [1.82, 2.24) is 10.3 Å². The van der Waals surface area contributed by atoms with Crippen molar-refractivity contribution >= 4 is 28.6 Å². The van der Waals surface area contributed by atoms with Crippen LogP contribution in [0.1, 0.15) is 16.7 Å². The van der Waals surface area contributed by atoms with Crippen LogP contribution < -0.4 is 15.4 Å². The van der Waals surface area contributed by atoms with Crippen LogP contribution in [0, 0.1) is 13.8 Å². The van der Waals surface area contributed by atoms with Crippen molar-refractivity contribution in [2.45, 2.75) is 26.3 Å². The van der Waals surface area contributed by atoms with E-state index < -0.39 is 12.1 Å². The molecule has 3 N–H and O–H groups in total. The van der Waals surface area contributed by atoms with Crippen molar-refractivity contribution in [2.75, 3.05) is 5.32 Å². The number of fused-ring (bicyclic) bond motifs is 1. The van der Waals surface area contributed by atoms with E-state index in [-0.39, 0.29) is 5.91 Å². The lowest BCUT2D eigenvalue weighted by Crippen LogP contribution is -2.46. The van der Waals surface area contributed by atoms with E-state index in [4.69, 9.17) is 4.74 Å². The Labute approximate surface area is 186 Å². The minimum atomic E-state index is -0.828. The Morgan fingerprint density at radius 3 is 2.50 bits per heavy atom. The number of rotatable bonds is 6. The van der Waals surface area contributed by atoms with Gasteiger partial charge in [0.1, 0.15) is 11.8 Å². The number of aryl methyl sites for hydroxylation is 1. The molecular weight excluding hydrogens is 402 g/mol. The monoisotopic (exact) mass is 427 g/mol. The number of aromatic nitrogens is 1. The zero-order valence-electron chi connectivity index (χ0n) is 18.0. The van der Waals surface area contributed by atoms with Crippen LogP contribution in [0.5, 0.6) is 5.75 Å². The fourth-order valence-electron chi connectivity index (χ4n) is 3.60. The standard InChI is InChI=1S/C26H25N3O3/c1-17-9-8-14-22(18(17)2)28-25(30)24(29-26(31)32-20-10-4-3-5-11-20)15-19-16-27-23-13-7-6-12-21(19)23/h3-14,16,24,27H,15H2,1-2H3,(H,28,30)(H,29,31)/t24-/m1/s1. The molecule has 6 nitrogen and oxygen atoms in total. The Hall–Kier alpha value is -4.06. The minimum Gasteiger partial charge on any atom is -0.410 e. The second-order valence-electron chi connectivity index (χ2n) is 7.70. The minimum absolute atomic E-state index is 0.310. The van der Waals surface area contributed by atoms with Gasteiger partial charge >= 0.3 is 6.09 Å². The molecule has 0 saturated heterocycles. The molecule has 4 aromatic rings. The maximum absolute atomic E-state index is 13.2. The Kier molecular flexibility index (Phi) is 6.22. The molecule has 0 aliphatic carbocycles. The number of carbonyl (C=O) groups is 2. The molecule has 0 saturated carbocycles. The molecule has 0 spiro atoms. The molecule has 3 aromatic carbocycles. The number of ether oxygens (including phenoxy) is 1. The average molecular weight is 428 g/mol. The number of amides is 2. The van der Waals surface area contributed by atoms with Crippen LogP contribution in [0.25, 0.3) is 10.9 Å². The third-order valence-corrected chi connectivity index (χ3v) is 5.52.